The van der Waals surface area contributed by atoms with Crippen LogP contribution in [-0.2, 0) is 0 Å². The van der Waals surface area contributed by atoms with Gasteiger partial charge in [-0.25, -0.2) is 9.97 Å². The van der Waals surface area contributed by atoms with Gasteiger partial charge in [0, 0.05) is 33.3 Å². The van der Waals surface area contributed by atoms with Crippen LogP contribution < -0.4 is 4.90 Å². The molecule has 3 heteroatoms. The normalized spacial score (nSPS) is 11.3. The average molecular weight is 626 g/mol. The summed E-state index contributed by atoms with van der Waals surface area (Å²) < 4.78 is 0. The number of benzene rings is 8. The van der Waals surface area contributed by atoms with Crippen molar-refractivity contribution >= 4 is 49.6 Å². The van der Waals surface area contributed by atoms with Crippen LogP contribution in [0.15, 0.2) is 188 Å². The molecule has 8 aromatic carbocycles. The van der Waals surface area contributed by atoms with Crippen molar-refractivity contribution in [2.24, 2.45) is 0 Å². The van der Waals surface area contributed by atoms with Crippen LogP contribution in [0.4, 0.5) is 17.1 Å². The molecular weight excluding hydrogens is 595 g/mol. The number of hydrogen-bond donors (Lipinski definition) is 0. The number of para-hydroxylation sites is 1. The first kappa shape index (κ1) is 28.6. The van der Waals surface area contributed by atoms with E-state index in [9.17, 15) is 0 Å². The Morgan fingerprint density at radius 1 is 0.347 bits per heavy atom. The number of rotatable bonds is 6. The molecule has 3 nitrogen and oxygen atoms in total. The summed E-state index contributed by atoms with van der Waals surface area (Å²) in [4.78, 5) is 12.9. The van der Waals surface area contributed by atoms with Gasteiger partial charge >= 0.3 is 0 Å². The van der Waals surface area contributed by atoms with Gasteiger partial charge in [-0.05, 0) is 64.4 Å². The summed E-state index contributed by atoms with van der Waals surface area (Å²) in [5.74, 6) is 0. The first-order valence-electron chi connectivity index (χ1n) is 16.6. The van der Waals surface area contributed by atoms with Gasteiger partial charge in [0.1, 0.15) is 0 Å². The standard InChI is InChI=1S/C46H31N3/c1-4-14-35(15-5-1)44-45(36-16-6-2-7-17-36)48-46-41-31-37(24-23-34(41)27-30-42(46)47-44)32-25-28-39(29-26-32)49(38-19-8-3-9-20-38)43-22-12-18-33-13-10-11-21-40(33)43/h1-31H. The number of hydrogen-bond acceptors (Lipinski definition) is 3. The van der Waals surface area contributed by atoms with Crippen LogP contribution >= 0.6 is 0 Å². The average Bonchev–Trinajstić information content (AvgIpc) is 3.19. The summed E-state index contributed by atoms with van der Waals surface area (Å²) in [6, 6.07) is 66.1. The third-order valence-electron chi connectivity index (χ3n) is 9.23. The monoisotopic (exact) mass is 625 g/mol. The predicted octanol–water partition coefficient (Wildman–Crippen LogP) is 12.4. The van der Waals surface area contributed by atoms with Gasteiger partial charge in [-0.15, -0.1) is 0 Å². The molecule has 1 aromatic heterocycles. The van der Waals surface area contributed by atoms with Crippen LogP contribution in [-0.4, -0.2) is 9.97 Å². The Balaban J connectivity index is 1.16. The lowest BCUT2D eigenvalue weighted by molar-refractivity contribution is 1.30. The molecule has 0 saturated heterocycles. The molecule has 0 aliphatic rings. The molecule has 0 atom stereocenters. The Kier molecular flexibility index (Phi) is 7.14. The molecule has 0 bridgehead atoms. The van der Waals surface area contributed by atoms with Gasteiger partial charge < -0.3 is 4.90 Å². The minimum atomic E-state index is 0.882. The van der Waals surface area contributed by atoms with Gasteiger partial charge in [-0.2, -0.15) is 0 Å². The first-order valence-corrected chi connectivity index (χ1v) is 16.6. The Morgan fingerprint density at radius 2 is 0.898 bits per heavy atom. The zero-order valence-electron chi connectivity index (χ0n) is 26.7. The first-order chi connectivity index (χ1) is 24.3. The molecule has 0 radical (unpaired) electrons. The molecule has 0 spiro atoms. The number of nitrogens with zero attached hydrogens (tertiary/aromatic N) is 3. The summed E-state index contributed by atoms with van der Waals surface area (Å²) in [5, 5.41) is 4.66. The fraction of sp³-hybridized carbons (Fsp3) is 0. The molecular formula is C46H31N3. The van der Waals surface area contributed by atoms with E-state index < -0.39 is 0 Å². The fourth-order valence-corrected chi connectivity index (χ4v) is 6.82. The molecule has 0 amide bonds. The maximum absolute atomic E-state index is 5.34. The van der Waals surface area contributed by atoms with E-state index in [0.717, 1.165) is 72.5 Å². The highest BCUT2D eigenvalue weighted by atomic mass is 15.1. The molecule has 0 aliphatic carbocycles. The SMILES string of the molecule is c1ccc(-c2nc3ccc4ccc(-c5ccc(N(c6ccccc6)c6cccc7ccccc67)cc5)cc4c3nc2-c2ccccc2)cc1. The van der Waals surface area contributed by atoms with Crippen LogP contribution in [0.3, 0.4) is 0 Å². The summed E-state index contributed by atoms with van der Waals surface area (Å²) in [6.07, 6.45) is 0. The predicted molar refractivity (Wildman–Crippen MR) is 206 cm³/mol. The molecule has 0 unspecified atom stereocenters. The summed E-state index contributed by atoms with van der Waals surface area (Å²) in [5.41, 5.74) is 11.3. The Bertz CT molecular complexity index is 2580. The topological polar surface area (TPSA) is 29.0 Å². The second-order valence-corrected chi connectivity index (χ2v) is 12.2. The summed E-state index contributed by atoms with van der Waals surface area (Å²) >= 11 is 0. The number of fused-ring (bicyclic) bond motifs is 4. The van der Waals surface area contributed by atoms with Crippen molar-refractivity contribution in [2.75, 3.05) is 4.90 Å². The zero-order chi connectivity index (χ0) is 32.6. The fourth-order valence-electron chi connectivity index (χ4n) is 6.82. The molecule has 0 saturated carbocycles. The lowest BCUT2D eigenvalue weighted by Gasteiger charge is -2.27. The lowest BCUT2D eigenvalue weighted by Crippen LogP contribution is -2.10. The van der Waals surface area contributed by atoms with E-state index in [4.69, 9.17) is 9.97 Å². The van der Waals surface area contributed by atoms with Gasteiger partial charge in [0.25, 0.3) is 0 Å². The second-order valence-electron chi connectivity index (χ2n) is 12.2. The molecule has 1 heterocycles. The van der Waals surface area contributed by atoms with E-state index in [2.05, 4.69) is 181 Å². The van der Waals surface area contributed by atoms with Crippen molar-refractivity contribution in [1.82, 2.24) is 9.97 Å². The smallest absolute Gasteiger partial charge is 0.0973 e. The Labute approximate surface area is 285 Å². The van der Waals surface area contributed by atoms with Crippen LogP contribution in [0.1, 0.15) is 0 Å². The van der Waals surface area contributed by atoms with E-state index in [1.807, 2.05) is 12.1 Å². The maximum Gasteiger partial charge on any atom is 0.0973 e. The molecule has 0 N–H and O–H groups in total. The second kappa shape index (κ2) is 12.2. The minimum absolute atomic E-state index is 0.882. The quantitative estimate of drug-likeness (QED) is 0.172. The van der Waals surface area contributed by atoms with Crippen LogP contribution in [0, 0.1) is 0 Å². The highest BCUT2D eigenvalue weighted by Crippen LogP contribution is 2.40. The van der Waals surface area contributed by atoms with Crippen LogP contribution in [0.5, 0.6) is 0 Å². The highest BCUT2D eigenvalue weighted by Gasteiger charge is 2.17. The van der Waals surface area contributed by atoms with E-state index in [0.29, 0.717) is 0 Å². The Hall–Kier alpha value is -6.58. The third kappa shape index (κ3) is 5.28. The van der Waals surface area contributed by atoms with E-state index in [1.54, 1.807) is 0 Å². The minimum Gasteiger partial charge on any atom is -0.310 e. The van der Waals surface area contributed by atoms with Crippen LogP contribution in [0.2, 0.25) is 0 Å². The van der Waals surface area contributed by atoms with Crippen molar-refractivity contribution in [1.29, 1.82) is 0 Å². The maximum atomic E-state index is 5.34. The molecule has 0 fully saturated rings. The van der Waals surface area contributed by atoms with Crippen LogP contribution in [0.25, 0.3) is 66.2 Å². The van der Waals surface area contributed by atoms with Gasteiger partial charge in [0.05, 0.1) is 28.1 Å². The summed E-state index contributed by atoms with van der Waals surface area (Å²) in [7, 11) is 0. The Morgan fingerprint density at radius 3 is 1.63 bits per heavy atom. The molecule has 9 aromatic rings. The number of aromatic nitrogens is 2. The van der Waals surface area contributed by atoms with Gasteiger partial charge in [-0.1, -0.05) is 146 Å². The zero-order valence-corrected chi connectivity index (χ0v) is 26.7. The van der Waals surface area contributed by atoms with Gasteiger partial charge in [0.15, 0.2) is 0 Å². The van der Waals surface area contributed by atoms with Crippen molar-refractivity contribution in [3.63, 3.8) is 0 Å². The van der Waals surface area contributed by atoms with E-state index >= 15 is 0 Å². The molecule has 0 aliphatic heterocycles. The molecule has 49 heavy (non-hydrogen) atoms. The van der Waals surface area contributed by atoms with Gasteiger partial charge in [0.2, 0.25) is 0 Å². The van der Waals surface area contributed by atoms with E-state index in [1.165, 1.54) is 10.8 Å². The number of anilines is 3. The van der Waals surface area contributed by atoms with Crippen molar-refractivity contribution in [3.8, 4) is 33.6 Å². The van der Waals surface area contributed by atoms with Crippen molar-refractivity contribution in [3.05, 3.63) is 188 Å². The summed E-state index contributed by atoms with van der Waals surface area (Å²) in [6.45, 7) is 0. The molecule has 9 rings (SSSR count). The lowest BCUT2D eigenvalue weighted by atomic mass is 9.98. The largest absolute Gasteiger partial charge is 0.310 e. The third-order valence-corrected chi connectivity index (χ3v) is 9.23. The van der Waals surface area contributed by atoms with E-state index in [-0.39, 0.29) is 0 Å². The van der Waals surface area contributed by atoms with Gasteiger partial charge in [-0.3, -0.25) is 0 Å². The molecule has 230 valence electrons. The van der Waals surface area contributed by atoms with Crippen molar-refractivity contribution < 1.29 is 0 Å². The highest BCUT2D eigenvalue weighted by molar-refractivity contribution is 6.07. The van der Waals surface area contributed by atoms with Crippen molar-refractivity contribution in [2.45, 2.75) is 0 Å².